The van der Waals surface area contributed by atoms with E-state index >= 15 is 0 Å². The van der Waals surface area contributed by atoms with Crippen LogP contribution in [0.5, 0.6) is 0 Å². The third-order valence-electron chi connectivity index (χ3n) is 6.03. The Morgan fingerprint density at radius 1 is 1.04 bits per heavy atom. The van der Waals surface area contributed by atoms with E-state index < -0.39 is 0 Å². The van der Waals surface area contributed by atoms with Crippen molar-refractivity contribution in [2.24, 2.45) is 0 Å². The fourth-order valence-electron chi connectivity index (χ4n) is 4.47. The highest BCUT2D eigenvalue weighted by Crippen LogP contribution is 2.35. The van der Waals surface area contributed by atoms with E-state index in [1.165, 1.54) is 22.2 Å². The summed E-state index contributed by atoms with van der Waals surface area (Å²) in [5.41, 5.74) is 3.76. The van der Waals surface area contributed by atoms with Crippen LogP contribution in [-0.4, -0.2) is 40.3 Å². The van der Waals surface area contributed by atoms with Crippen molar-refractivity contribution in [3.05, 3.63) is 64.7 Å². The summed E-state index contributed by atoms with van der Waals surface area (Å²) >= 11 is 1.78. The Balaban J connectivity index is 1.32. The lowest BCUT2D eigenvalue weighted by atomic mass is 9.99. The minimum Gasteiger partial charge on any atom is -0.337 e. The molecule has 5 heteroatoms. The molecule has 0 spiro atoms. The zero-order chi connectivity index (χ0) is 18.9. The van der Waals surface area contributed by atoms with Gasteiger partial charge in [0.05, 0.1) is 22.8 Å². The van der Waals surface area contributed by atoms with Crippen LogP contribution < -0.4 is 0 Å². The first-order chi connectivity index (χ1) is 13.8. The first kappa shape index (κ1) is 17.8. The van der Waals surface area contributed by atoms with Gasteiger partial charge in [-0.25, -0.2) is 4.98 Å². The van der Waals surface area contributed by atoms with Crippen molar-refractivity contribution in [1.82, 2.24) is 14.8 Å². The number of piperidine rings is 1. The van der Waals surface area contributed by atoms with Crippen LogP contribution >= 0.6 is 11.3 Å². The number of benzene rings is 2. The topological polar surface area (TPSA) is 36.4 Å². The quantitative estimate of drug-likeness (QED) is 0.664. The zero-order valence-electron chi connectivity index (χ0n) is 16.0. The van der Waals surface area contributed by atoms with Gasteiger partial charge in [-0.15, -0.1) is 11.3 Å². The van der Waals surface area contributed by atoms with Crippen LogP contribution in [-0.2, 0) is 17.8 Å². The van der Waals surface area contributed by atoms with E-state index in [4.69, 9.17) is 4.98 Å². The number of carbonyl (C=O) groups is 1. The van der Waals surface area contributed by atoms with Gasteiger partial charge in [-0.05, 0) is 49.1 Å². The molecule has 4 nitrogen and oxygen atoms in total. The minimum atomic E-state index is 0.252. The summed E-state index contributed by atoms with van der Waals surface area (Å²) in [7, 11) is 0. The van der Waals surface area contributed by atoms with E-state index in [1.807, 2.05) is 11.0 Å². The third kappa shape index (κ3) is 3.45. The standard InChI is InChI=1S/C23H25N3OS/c27-22(26-14-12-17-7-1-2-8-18(17)15-26)16-25-13-6-5-10-20(25)23-24-19-9-3-4-11-21(19)28-23/h1-4,7-9,11,20H,5-6,10,12-16H2. The van der Waals surface area contributed by atoms with Crippen LogP contribution in [0.2, 0.25) is 0 Å². The largest absolute Gasteiger partial charge is 0.337 e. The molecular weight excluding hydrogens is 366 g/mol. The Hall–Kier alpha value is -2.24. The number of aromatic nitrogens is 1. The summed E-state index contributed by atoms with van der Waals surface area (Å²) in [6, 6.07) is 17.1. The predicted octanol–water partition coefficient (Wildman–Crippen LogP) is 4.41. The van der Waals surface area contributed by atoms with Gasteiger partial charge >= 0.3 is 0 Å². The normalized spacial score (nSPS) is 20.3. The van der Waals surface area contributed by atoms with E-state index in [0.29, 0.717) is 6.54 Å². The van der Waals surface area contributed by atoms with Crippen LogP contribution in [0.1, 0.15) is 41.4 Å². The Bertz CT molecular complexity index is 965. The van der Waals surface area contributed by atoms with E-state index in [9.17, 15) is 4.79 Å². The van der Waals surface area contributed by atoms with Gasteiger partial charge in [-0.2, -0.15) is 0 Å². The van der Waals surface area contributed by atoms with Gasteiger partial charge in [0.15, 0.2) is 0 Å². The first-order valence-corrected chi connectivity index (χ1v) is 11.0. The number of hydrogen-bond donors (Lipinski definition) is 0. The molecule has 2 aliphatic heterocycles. The summed E-state index contributed by atoms with van der Waals surface area (Å²) in [6.45, 7) is 3.06. The van der Waals surface area contributed by atoms with Crippen molar-refractivity contribution in [2.75, 3.05) is 19.6 Å². The van der Waals surface area contributed by atoms with Crippen LogP contribution in [0.15, 0.2) is 48.5 Å². The molecule has 144 valence electrons. The van der Waals surface area contributed by atoms with Crippen LogP contribution in [0, 0.1) is 0 Å². The fourth-order valence-corrected chi connectivity index (χ4v) is 5.61. The number of para-hydroxylation sites is 1. The average Bonchev–Trinajstić information content (AvgIpc) is 3.18. The number of fused-ring (bicyclic) bond motifs is 2. The van der Waals surface area contributed by atoms with Crippen molar-refractivity contribution in [1.29, 1.82) is 0 Å². The summed E-state index contributed by atoms with van der Waals surface area (Å²) < 4.78 is 1.24. The second kappa shape index (κ2) is 7.64. The van der Waals surface area contributed by atoms with Crippen LogP contribution in [0.3, 0.4) is 0 Å². The number of hydrogen-bond acceptors (Lipinski definition) is 4. The fraction of sp³-hybridized carbons (Fsp3) is 0.391. The highest BCUT2D eigenvalue weighted by atomic mass is 32.1. The second-order valence-electron chi connectivity index (χ2n) is 7.84. The molecule has 5 rings (SSSR count). The monoisotopic (exact) mass is 391 g/mol. The van der Waals surface area contributed by atoms with Crippen molar-refractivity contribution in [3.8, 4) is 0 Å². The highest BCUT2D eigenvalue weighted by molar-refractivity contribution is 7.18. The summed E-state index contributed by atoms with van der Waals surface area (Å²) in [5, 5.41) is 1.16. The number of nitrogens with zero attached hydrogens (tertiary/aromatic N) is 3. The summed E-state index contributed by atoms with van der Waals surface area (Å²) in [5.74, 6) is 0.252. The van der Waals surface area contributed by atoms with E-state index in [0.717, 1.165) is 49.4 Å². The SMILES string of the molecule is O=C(CN1CCCCC1c1nc2ccccc2s1)N1CCc2ccccc2C1. The number of likely N-dealkylation sites (tertiary alicyclic amines) is 1. The molecule has 0 radical (unpaired) electrons. The second-order valence-corrected chi connectivity index (χ2v) is 8.90. The molecular formula is C23H25N3OS. The van der Waals surface area contributed by atoms with Crippen LogP contribution in [0.4, 0.5) is 0 Å². The minimum absolute atomic E-state index is 0.252. The third-order valence-corrected chi connectivity index (χ3v) is 7.17. The van der Waals surface area contributed by atoms with Crippen molar-refractivity contribution >= 4 is 27.5 Å². The van der Waals surface area contributed by atoms with Crippen molar-refractivity contribution < 1.29 is 4.79 Å². The molecule has 0 aliphatic carbocycles. The molecule has 1 unspecified atom stereocenters. The summed E-state index contributed by atoms with van der Waals surface area (Å²) in [6.07, 6.45) is 4.43. The molecule has 0 bridgehead atoms. The molecule has 1 fully saturated rings. The lowest BCUT2D eigenvalue weighted by molar-refractivity contribution is -0.134. The first-order valence-electron chi connectivity index (χ1n) is 10.2. The highest BCUT2D eigenvalue weighted by Gasteiger charge is 2.30. The maximum absolute atomic E-state index is 13.1. The zero-order valence-corrected chi connectivity index (χ0v) is 16.8. The maximum atomic E-state index is 13.1. The number of carbonyl (C=O) groups excluding carboxylic acids is 1. The Morgan fingerprint density at radius 3 is 2.75 bits per heavy atom. The Labute approximate surface area is 169 Å². The Morgan fingerprint density at radius 2 is 1.86 bits per heavy atom. The number of thiazole rings is 1. The predicted molar refractivity (Wildman–Crippen MR) is 113 cm³/mol. The molecule has 0 saturated carbocycles. The van der Waals surface area contributed by atoms with E-state index in [2.05, 4.69) is 47.4 Å². The van der Waals surface area contributed by atoms with Gasteiger partial charge in [0, 0.05) is 13.1 Å². The van der Waals surface area contributed by atoms with Gasteiger partial charge in [0.1, 0.15) is 5.01 Å². The van der Waals surface area contributed by atoms with E-state index in [-0.39, 0.29) is 11.9 Å². The Kier molecular flexibility index (Phi) is 4.87. The molecule has 2 aromatic carbocycles. The van der Waals surface area contributed by atoms with Gasteiger partial charge in [0.2, 0.25) is 5.91 Å². The van der Waals surface area contributed by atoms with Crippen molar-refractivity contribution in [3.63, 3.8) is 0 Å². The molecule has 1 atom stereocenters. The van der Waals surface area contributed by atoms with Crippen molar-refractivity contribution in [2.45, 2.75) is 38.3 Å². The van der Waals surface area contributed by atoms with Gasteiger partial charge in [-0.1, -0.05) is 42.8 Å². The molecule has 3 heterocycles. The molecule has 28 heavy (non-hydrogen) atoms. The summed E-state index contributed by atoms with van der Waals surface area (Å²) in [4.78, 5) is 22.4. The molecule has 1 saturated heterocycles. The lowest BCUT2D eigenvalue weighted by Gasteiger charge is -2.36. The van der Waals surface area contributed by atoms with Gasteiger partial charge in [0.25, 0.3) is 0 Å². The van der Waals surface area contributed by atoms with Crippen LogP contribution in [0.25, 0.3) is 10.2 Å². The molecule has 1 amide bonds. The number of rotatable bonds is 3. The van der Waals surface area contributed by atoms with Gasteiger partial charge < -0.3 is 4.90 Å². The molecule has 1 aromatic heterocycles. The van der Waals surface area contributed by atoms with E-state index in [1.54, 1.807) is 11.3 Å². The van der Waals surface area contributed by atoms with Gasteiger partial charge in [-0.3, -0.25) is 9.69 Å². The molecule has 2 aliphatic rings. The number of amides is 1. The smallest absolute Gasteiger partial charge is 0.237 e. The molecule has 0 N–H and O–H groups in total. The average molecular weight is 392 g/mol. The lowest BCUT2D eigenvalue weighted by Crippen LogP contribution is -2.45. The molecule has 3 aromatic rings. The maximum Gasteiger partial charge on any atom is 0.237 e.